The molecule has 0 aromatic heterocycles. The summed E-state index contributed by atoms with van der Waals surface area (Å²) in [5.41, 5.74) is 4.71. The van der Waals surface area contributed by atoms with Crippen molar-refractivity contribution in [2.75, 3.05) is 0 Å². The van der Waals surface area contributed by atoms with Gasteiger partial charge in [0.05, 0.1) is 0 Å². The Morgan fingerprint density at radius 3 is 2.13 bits per heavy atom. The van der Waals surface area contributed by atoms with E-state index in [-0.39, 0.29) is 0 Å². The van der Waals surface area contributed by atoms with Crippen LogP contribution < -0.4 is 0 Å². The molecule has 0 nitrogen and oxygen atoms in total. The lowest BCUT2D eigenvalue weighted by molar-refractivity contribution is -0.0186. The maximum absolute atomic E-state index is 2.88. The topological polar surface area (TPSA) is 0 Å². The molecule has 7 rings (SSSR count). The molecule has 0 heteroatoms. The summed E-state index contributed by atoms with van der Waals surface area (Å²) in [5, 5.41) is 0. The SMILES string of the molecule is CCCC(C(C)CCC1CC(C2CCCCC2)CCC1C)C1CCCCC1C(C(C)CC)C1C2=C(CCCC2)C(C2(C)CCCCC2)C2CCC=CC21. The van der Waals surface area contributed by atoms with Crippen molar-refractivity contribution in [3.8, 4) is 0 Å². The summed E-state index contributed by atoms with van der Waals surface area (Å²) >= 11 is 0. The molecule has 53 heavy (non-hydrogen) atoms. The Morgan fingerprint density at radius 1 is 0.698 bits per heavy atom. The molecular weight excluding hydrogens is 637 g/mol. The Hall–Kier alpha value is -0.520. The molecule has 0 aromatic carbocycles. The van der Waals surface area contributed by atoms with E-state index in [2.05, 4.69) is 64.8 Å². The van der Waals surface area contributed by atoms with Gasteiger partial charge in [0.25, 0.3) is 0 Å². The van der Waals surface area contributed by atoms with E-state index >= 15 is 0 Å². The monoisotopic (exact) mass is 727 g/mol. The van der Waals surface area contributed by atoms with Crippen LogP contribution in [-0.2, 0) is 0 Å². The van der Waals surface area contributed by atoms with Crippen molar-refractivity contribution in [3.05, 3.63) is 23.3 Å². The van der Waals surface area contributed by atoms with Gasteiger partial charge in [-0.2, -0.15) is 0 Å². The Morgan fingerprint density at radius 2 is 1.40 bits per heavy atom. The fourth-order valence-electron chi connectivity index (χ4n) is 16.3. The van der Waals surface area contributed by atoms with Gasteiger partial charge in [0.1, 0.15) is 0 Å². The molecule has 0 spiro atoms. The zero-order chi connectivity index (χ0) is 37.0. The number of fused-ring (bicyclic) bond motifs is 1. The van der Waals surface area contributed by atoms with E-state index in [1.165, 1.54) is 148 Å². The van der Waals surface area contributed by atoms with E-state index in [1.807, 2.05) is 0 Å². The molecule has 0 saturated heterocycles. The predicted molar refractivity (Wildman–Crippen MR) is 231 cm³/mol. The summed E-state index contributed by atoms with van der Waals surface area (Å²) in [6.07, 6.45) is 47.4. The first-order chi connectivity index (χ1) is 25.8. The third kappa shape index (κ3) is 8.83. The summed E-state index contributed by atoms with van der Waals surface area (Å²) in [6.45, 7) is 16.1. The lowest BCUT2D eigenvalue weighted by Crippen LogP contribution is -2.50. The van der Waals surface area contributed by atoms with Gasteiger partial charge in [0, 0.05) is 0 Å². The molecule has 7 aliphatic rings. The van der Waals surface area contributed by atoms with Crippen LogP contribution in [0.4, 0.5) is 0 Å². The maximum Gasteiger partial charge on any atom is -0.0101 e. The first-order valence-corrected chi connectivity index (χ1v) is 25.2. The molecule has 0 heterocycles. The summed E-state index contributed by atoms with van der Waals surface area (Å²) < 4.78 is 0. The average Bonchev–Trinajstić information content (AvgIpc) is 3.20. The quantitative estimate of drug-likeness (QED) is 0.166. The molecule has 13 unspecified atom stereocenters. The van der Waals surface area contributed by atoms with Crippen molar-refractivity contribution in [1.82, 2.24) is 0 Å². The molecule has 4 fully saturated rings. The number of hydrogen-bond acceptors (Lipinski definition) is 0. The zero-order valence-electron chi connectivity index (χ0n) is 36.5. The van der Waals surface area contributed by atoms with Crippen LogP contribution in [0.15, 0.2) is 23.3 Å². The normalized spacial score (nSPS) is 39.1. The van der Waals surface area contributed by atoms with Gasteiger partial charge in [-0.25, -0.2) is 0 Å². The Kier molecular flexibility index (Phi) is 14.4. The van der Waals surface area contributed by atoms with Crippen molar-refractivity contribution in [2.45, 2.75) is 221 Å². The minimum absolute atomic E-state index is 0.558. The van der Waals surface area contributed by atoms with Gasteiger partial charge < -0.3 is 0 Å². The maximum atomic E-state index is 2.88. The van der Waals surface area contributed by atoms with E-state index < -0.39 is 0 Å². The van der Waals surface area contributed by atoms with Crippen LogP contribution in [0, 0.1) is 88.3 Å². The first kappa shape index (κ1) is 40.7. The van der Waals surface area contributed by atoms with E-state index in [1.54, 1.807) is 32.1 Å². The zero-order valence-corrected chi connectivity index (χ0v) is 36.5. The van der Waals surface area contributed by atoms with Gasteiger partial charge in [0.15, 0.2) is 0 Å². The van der Waals surface area contributed by atoms with Gasteiger partial charge in [-0.3, -0.25) is 0 Å². The van der Waals surface area contributed by atoms with E-state index in [0.29, 0.717) is 5.41 Å². The molecule has 0 aliphatic heterocycles. The lowest BCUT2D eigenvalue weighted by Gasteiger charge is -2.58. The fourth-order valence-corrected chi connectivity index (χ4v) is 16.3. The highest BCUT2D eigenvalue weighted by Gasteiger charge is 2.54. The van der Waals surface area contributed by atoms with Gasteiger partial charge in [-0.1, -0.05) is 161 Å². The number of rotatable bonds is 13. The molecule has 7 aliphatic carbocycles. The van der Waals surface area contributed by atoms with E-state index in [0.717, 1.165) is 82.9 Å². The summed E-state index contributed by atoms with van der Waals surface area (Å²) in [7, 11) is 0. The standard InChI is InChI=1S/C53H90/c1-7-21-43(39(5)31-32-41-36-42(33-30-38(41)4)40-22-11-9-12-23-40)44-24-13-14-25-45(44)50(37(3)8-2)51-46-26-15-17-28-48(46)52(49-29-18-16-27-47(49)51)53(6)34-19-10-20-35-53/h15,26,37-46,48,50-52H,7-14,16-25,27-36H2,1-6H3. The molecule has 13 atom stereocenters. The molecule has 302 valence electrons. The van der Waals surface area contributed by atoms with Crippen molar-refractivity contribution in [2.24, 2.45) is 88.3 Å². The number of allylic oxidation sites excluding steroid dienone is 4. The predicted octanol–water partition coefficient (Wildman–Crippen LogP) is 16.6. The highest BCUT2D eigenvalue weighted by atomic mass is 14.6. The van der Waals surface area contributed by atoms with Crippen molar-refractivity contribution < 1.29 is 0 Å². The van der Waals surface area contributed by atoms with Crippen LogP contribution in [0.5, 0.6) is 0 Å². The minimum Gasteiger partial charge on any atom is -0.0882 e. The molecule has 0 bridgehead atoms. The highest BCUT2D eigenvalue weighted by molar-refractivity contribution is 5.33. The minimum atomic E-state index is 0.558. The van der Waals surface area contributed by atoms with Gasteiger partial charge in [0.2, 0.25) is 0 Å². The highest BCUT2D eigenvalue weighted by Crippen LogP contribution is 2.63. The second-order valence-electron chi connectivity index (χ2n) is 22.0. The second kappa shape index (κ2) is 18.8. The van der Waals surface area contributed by atoms with Gasteiger partial charge >= 0.3 is 0 Å². The van der Waals surface area contributed by atoms with Crippen molar-refractivity contribution >= 4 is 0 Å². The first-order valence-electron chi connectivity index (χ1n) is 25.2. The Balaban J connectivity index is 1.16. The van der Waals surface area contributed by atoms with Gasteiger partial charge in [-0.15, -0.1) is 0 Å². The molecule has 0 amide bonds. The molecule has 0 aromatic rings. The summed E-state index contributed by atoms with van der Waals surface area (Å²) in [5.74, 6) is 13.0. The van der Waals surface area contributed by atoms with Crippen LogP contribution in [0.25, 0.3) is 0 Å². The van der Waals surface area contributed by atoms with Crippen LogP contribution in [-0.4, -0.2) is 0 Å². The lowest BCUT2D eigenvalue weighted by atomic mass is 9.46. The largest absolute Gasteiger partial charge is 0.0882 e. The second-order valence-corrected chi connectivity index (χ2v) is 22.0. The van der Waals surface area contributed by atoms with Crippen LogP contribution in [0.3, 0.4) is 0 Å². The average molecular weight is 727 g/mol. The van der Waals surface area contributed by atoms with Crippen LogP contribution in [0.2, 0.25) is 0 Å². The molecular formula is C53H90. The molecule has 4 saturated carbocycles. The van der Waals surface area contributed by atoms with Crippen LogP contribution >= 0.6 is 0 Å². The van der Waals surface area contributed by atoms with Crippen LogP contribution in [0.1, 0.15) is 221 Å². The summed E-state index contributed by atoms with van der Waals surface area (Å²) in [4.78, 5) is 0. The third-order valence-electron chi connectivity index (χ3n) is 19.1. The smallest absolute Gasteiger partial charge is 0.0101 e. The Bertz CT molecular complexity index is 1170. The van der Waals surface area contributed by atoms with Crippen molar-refractivity contribution in [1.29, 1.82) is 0 Å². The third-order valence-corrected chi connectivity index (χ3v) is 19.1. The molecule has 0 N–H and O–H groups in total. The van der Waals surface area contributed by atoms with E-state index in [4.69, 9.17) is 0 Å². The van der Waals surface area contributed by atoms with E-state index in [9.17, 15) is 0 Å². The Labute approximate surface area is 331 Å². The molecule has 0 radical (unpaired) electrons. The summed E-state index contributed by atoms with van der Waals surface area (Å²) in [6, 6.07) is 0. The fraction of sp³-hybridized carbons (Fsp3) is 0.925. The number of hydrogen-bond donors (Lipinski definition) is 0. The van der Waals surface area contributed by atoms with Crippen molar-refractivity contribution in [3.63, 3.8) is 0 Å². The van der Waals surface area contributed by atoms with Gasteiger partial charge in [-0.05, 0) is 172 Å².